The van der Waals surface area contributed by atoms with Gasteiger partial charge in [0.2, 0.25) is 0 Å². The zero-order valence-corrected chi connectivity index (χ0v) is 13.9. The maximum atomic E-state index is 12.2. The van der Waals surface area contributed by atoms with Crippen molar-refractivity contribution in [3.63, 3.8) is 0 Å². The van der Waals surface area contributed by atoms with Crippen LogP contribution < -0.4 is 5.32 Å². The van der Waals surface area contributed by atoms with Gasteiger partial charge in [-0.15, -0.1) is 11.3 Å². The zero-order valence-electron chi connectivity index (χ0n) is 13.1. The molecule has 3 N–H and O–H groups in total. The molecular formula is C18H18N2O3S. The lowest BCUT2D eigenvalue weighted by atomic mass is 10.1. The van der Waals surface area contributed by atoms with Gasteiger partial charge >= 0.3 is 0 Å². The van der Waals surface area contributed by atoms with E-state index in [0.717, 1.165) is 15.8 Å². The minimum Gasteiger partial charge on any atom is -0.383 e. The van der Waals surface area contributed by atoms with Gasteiger partial charge in [0.1, 0.15) is 11.1 Å². The molecule has 5 nitrogen and oxygen atoms in total. The van der Waals surface area contributed by atoms with Crippen LogP contribution >= 0.6 is 11.3 Å². The molecule has 0 aliphatic carbocycles. The van der Waals surface area contributed by atoms with Crippen molar-refractivity contribution in [1.82, 2.24) is 10.3 Å². The molecule has 3 aromatic rings. The van der Waals surface area contributed by atoms with Crippen molar-refractivity contribution in [2.24, 2.45) is 0 Å². The van der Waals surface area contributed by atoms with Crippen molar-refractivity contribution < 1.29 is 15.0 Å². The number of hydrogen-bond donors (Lipinski definition) is 3. The number of para-hydroxylation sites is 1. The van der Waals surface area contributed by atoms with Crippen LogP contribution in [0.2, 0.25) is 0 Å². The van der Waals surface area contributed by atoms with Gasteiger partial charge < -0.3 is 15.5 Å². The third-order valence-corrected chi connectivity index (χ3v) is 4.90. The van der Waals surface area contributed by atoms with E-state index < -0.39 is 18.1 Å². The van der Waals surface area contributed by atoms with Crippen LogP contribution in [0.3, 0.4) is 0 Å². The lowest BCUT2D eigenvalue weighted by Gasteiger charge is -2.19. The first-order valence-corrected chi connectivity index (χ1v) is 8.45. The van der Waals surface area contributed by atoms with Crippen LogP contribution in [-0.4, -0.2) is 27.2 Å². The molecule has 124 valence electrons. The maximum absolute atomic E-state index is 12.2. The van der Waals surface area contributed by atoms with Gasteiger partial charge in [0.05, 0.1) is 16.3 Å². The van der Waals surface area contributed by atoms with Gasteiger partial charge in [-0.1, -0.05) is 42.5 Å². The summed E-state index contributed by atoms with van der Waals surface area (Å²) in [5.74, 6) is -0.627. The molecular weight excluding hydrogens is 324 g/mol. The highest BCUT2D eigenvalue weighted by atomic mass is 32.1. The molecule has 0 fully saturated rings. The second-order valence-corrected chi connectivity index (χ2v) is 6.61. The first kappa shape index (κ1) is 16.6. The standard InChI is InChI=1S/C18H18N2O3S/c1-11(12-7-3-2-4-8-12)19-17(23)15(21)16(22)18-20-13-9-5-6-10-14(13)24-18/h2-11,15-16,21-22H,1H3,(H,19,23)/t11-,15?,16?/m1/s1. The summed E-state index contributed by atoms with van der Waals surface area (Å²) in [6, 6.07) is 16.6. The summed E-state index contributed by atoms with van der Waals surface area (Å²) in [7, 11) is 0. The Morgan fingerprint density at radius 2 is 1.75 bits per heavy atom. The van der Waals surface area contributed by atoms with Crippen molar-refractivity contribution in [2.45, 2.75) is 25.2 Å². The first-order valence-electron chi connectivity index (χ1n) is 7.63. The molecule has 1 amide bonds. The number of nitrogens with zero attached hydrogens (tertiary/aromatic N) is 1. The SMILES string of the molecule is C[C@@H](NC(=O)C(O)C(O)c1nc2ccccc2s1)c1ccccc1. The van der Waals surface area contributed by atoms with Crippen molar-refractivity contribution in [3.05, 3.63) is 65.2 Å². The number of carbonyl (C=O) groups excluding carboxylic acids is 1. The smallest absolute Gasteiger partial charge is 0.252 e. The third kappa shape index (κ3) is 3.46. The average molecular weight is 342 g/mol. The number of aliphatic hydroxyl groups is 2. The van der Waals surface area contributed by atoms with Crippen LogP contribution in [0.5, 0.6) is 0 Å². The summed E-state index contributed by atoms with van der Waals surface area (Å²) in [5, 5.41) is 23.5. The Labute approximate surface area is 143 Å². The molecule has 3 atom stereocenters. The lowest BCUT2D eigenvalue weighted by molar-refractivity contribution is -0.136. The number of benzene rings is 2. The number of aliphatic hydroxyl groups excluding tert-OH is 2. The molecule has 0 saturated heterocycles. The van der Waals surface area contributed by atoms with Gasteiger partial charge in [-0.2, -0.15) is 0 Å². The molecule has 1 aromatic heterocycles. The molecule has 2 aromatic carbocycles. The third-order valence-electron chi connectivity index (χ3n) is 3.79. The molecule has 0 aliphatic rings. The highest BCUT2D eigenvalue weighted by molar-refractivity contribution is 7.18. The van der Waals surface area contributed by atoms with E-state index in [9.17, 15) is 15.0 Å². The Balaban J connectivity index is 1.70. The number of fused-ring (bicyclic) bond motifs is 1. The first-order chi connectivity index (χ1) is 11.6. The van der Waals surface area contributed by atoms with Gasteiger partial charge in [0.25, 0.3) is 5.91 Å². The van der Waals surface area contributed by atoms with Crippen molar-refractivity contribution in [3.8, 4) is 0 Å². The molecule has 3 rings (SSSR count). The molecule has 24 heavy (non-hydrogen) atoms. The van der Waals surface area contributed by atoms with Gasteiger partial charge in [-0.25, -0.2) is 4.98 Å². The van der Waals surface area contributed by atoms with E-state index in [-0.39, 0.29) is 6.04 Å². The van der Waals surface area contributed by atoms with E-state index in [1.54, 1.807) is 0 Å². The summed E-state index contributed by atoms with van der Waals surface area (Å²) in [6.45, 7) is 1.82. The van der Waals surface area contributed by atoms with E-state index >= 15 is 0 Å². The molecule has 0 radical (unpaired) electrons. The quantitative estimate of drug-likeness (QED) is 0.665. The maximum Gasteiger partial charge on any atom is 0.252 e. The summed E-state index contributed by atoms with van der Waals surface area (Å²) < 4.78 is 0.900. The van der Waals surface area contributed by atoms with Gasteiger partial charge in [0.15, 0.2) is 6.10 Å². The Morgan fingerprint density at radius 3 is 2.46 bits per heavy atom. The Bertz CT molecular complexity index is 801. The molecule has 0 bridgehead atoms. The zero-order chi connectivity index (χ0) is 17.1. The highest BCUT2D eigenvalue weighted by Crippen LogP contribution is 2.28. The fourth-order valence-corrected chi connectivity index (χ4v) is 3.40. The topological polar surface area (TPSA) is 82.5 Å². The second-order valence-electron chi connectivity index (χ2n) is 5.55. The number of thiazole rings is 1. The second kappa shape index (κ2) is 7.09. The average Bonchev–Trinajstić information content (AvgIpc) is 3.05. The minimum atomic E-state index is -1.57. The number of hydrogen-bond acceptors (Lipinski definition) is 5. The fourth-order valence-electron chi connectivity index (χ4n) is 2.42. The Kier molecular flexibility index (Phi) is 4.89. The number of aromatic nitrogens is 1. The van der Waals surface area contributed by atoms with Crippen LogP contribution in [0, 0.1) is 0 Å². The summed E-state index contributed by atoms with van der Waals surface area (Å²) >= 11 is 1.27. The van der Waals surface area contributed by atoms with Crippen molar-refractivity contribution in [1.29, 1.82) is 0 Å². The Hall–Kier alpha value is -2.28. The van der Waals surface area contributed by atoms with Gasteiger partial charge in [-0.05, 0) is 24.6 Å². The monoisotopic (exact) mass is 342 g/mol. The molecule has 6 heteroatoms. The van der Waals surface area contributed by atoms with E-state index in [2.05, 4.69) is 10.3 Å². The number of rotatable bonds is 5. The van der Waals surface area contributed by atoms with E-state index in [1.165, 1.54) is 11.3 Å². The van der Waals surface area contributed by atoms with E-state index in [4.69, 9.17) is 0 Å². The summed E-state index contributed by atoms with van der Waals surface area (Å²) in [6.07, 6.45) is -2.93. The highest BCUT2D eigenvalue weighted by Gasteiger charge is 2.29. The van der Waals surface area contributed by atoms with Crippen LogP contribution in [0.25, 0.3) is 10.2 Å². The normalized spacial score (nSPS) is 15.0. The molecule has 1 heterocycles. The predicted molar refractivity (Wildman–Crippen MR) is 93.6 cm³/mol. The summed E-state index contributed by atoms with van der Waals surface area (Å²) in [5.41, 5.74) is 1.66. The van der Waals surface area contributed by atoms with E-state index in [1.807, 2.05) is 61.5 Å². The summed E-state index contributed by atoms with van der Waals surface area (Å²) in [4.78, 5) is 16.5. The van der Waals surface area contributed by atoms with Gasteiger partial charge in [0, 0.05) is 0 Å². The van der Waals surface area contributed by atoms with Gasteiger partial charge in [-0.3, -0.25) is 4.79 Å². The minimum absolute atomic E-state index is 0.268. The molecule has 0 saturated carbocycles. The molecule has 2 unspecified atom stereocenters. The lowest BCUT2D eigenvalue weighted by Crippen LogP contribution is -2.39. The van der Waals surface area contributed by atoms with Crippen LogP contribution in [0.1, 0.15) is 29.6 Å². The van der Waals surface area contributed by atoms with E-state index in [0.29, 0.717) is 5.01 Å². The van der Waals surface area contributed by atoms with Crippen LogP contribution in [0.15, 0.2) is 54.6 Å². The van der Waals surface area contributed by atoms with Crippen LogP contribution in [-0.2, 0) is 4.79 Å². The predicted octanol–water partition coefficient (Wildman–Crippen LogP) is 2.57. The Morgan fingerprint density at radius 1 is 1.08 bits per heavy atom. The number of carbonyl (C=O) groups is 1. The van der Waals surface area contributed by atoms with Crippen LogP contribution in [0.4, 0.5) is 0 Å². The number of nitrogens with one attached hydrogen (secondary N) is 1. The van der Waals surface area contributed by atoms with Crippen molar-refractivity contribution >= 4 is 27.5 Å². The largest absolute Gasteiger partial charge is 0.383 e. The number of amides is 1. The molecule has 0 aliphatic heterocycles. The molecule has 0 spiro atoms. The fraction of sp³-hybridized carbons (Fsp3) is 0.222. The van der Waals surface area contributed by atoms with Crippen molar-refractivity contribution in [2.75, 3.05) is 0 Å².